The van der Waals surface area contributed by atoms with Crippen molar-refractivity contribution in [2.24, 2.45) is 0 Å². The summed E-state index contributed by atoms with van der Waals surface area (Å²) in [6.07, 6.45) is 0. The zero-order chi connectivity index (χ0) is 10.8. The van der Waals surface area contributed by atoms with Crippen molar-refractivity contribution in [3.8, 4) is 0 Å². The lowest BCUT2D eigenvalue weighted by Gasteiger charge is -2.19. The van der Waals surface area contributed by atoms with Gasteiger partial charge in [0, 0.05) is 0 Å². The molecule has 78 valence electrons. The van der Waals surface area contributed by atoms with E-state index in [1.165, 1.54) is 0 Å². The highest BCUT2D eigenvalue weighted by Crippen LogP contribution is 2.07. The Kier molecular flexibility index (Phi) is 2.65. The summed E-state index contributed by atoms with van der Waals surface area (Å²) >= 11 is 0. The highest BCUT2D eigenvalue weighted by molar-refractivity contribution is 5.37. The summed E-state index contributed by atoms with van der Waals surface area (Å²) in [5.41, 5.74) is 10.4. The first-order valence-electron chi connectivity index (χ1n) is 3.54. The standard InChI is InChI=1S/C5H10N6O3/c6-2-8-3(7)10-4(9-2)11-5(13,14)1-12/h12-14H,1H2,(H5,6,7,8,9,10,11). The number of aliphatic hydroxyl groups excluding tert-OH is 1. The molecular formula is C5H10N6O3. The van der Waals surface area contributed by atoms with Gasteiger partial charge in [-0.3, -0.25) is 0 Å². The summed E-state index contributed by atoms with van der Waals surface area (Å²) in [4.78, 5) is 10.5. The second kappa shape index (κ2) is 3.57. The van der Waals surface area contributed by atoms with Gasteiger partial charge in [0.2, 0.25) is 17.8 Å². The normalized spacial score (nSPS) is 11.4. The first-order valence-corrected chi connectivity index (χ1v) is 3.54. The highest BCUT2D eigenvalue weighted by Gasteiger charge is 2.22. The first-order chi connectivity index (χ1) is 6.43. The van der Waals surface area contributed by atoms with Crippen molar-refractivity contribution in [2.75, 3.05) is 23.4 Å². The maximum atomic E-state index is 8.97. The van der Waals surface area contributed by atoms with Crippen LogP contribution in [0.1, 0.15) is 0 Å². The summed E-state index contributed by atoms with van der Waals surface area (Å²) in [6.45, 7) is -0.946. The molecule has 14 heavy (non-hydrogen) atoms. The number of aromatic nitrogens is 3. The molecular weight excluding hydrogens is 192 g/mol. The molecule has 0 fully saturated rings. The Labute approximate surface area is 78.4 Å². The van der Waals surface area contributed by atoms with E-state index in [-0.39, 0.29) is 17.8 Å². The topological polar surface area (TPSA) is 163 Å². The quantitative estimate of drug-likeness (QED) is 0.281. The molecule has 1 aromatic heterocycles. The third-order valence-electron chi connectivity index (χ3n) is 1.20. The van der Waals surface area contributed by atoms with Gasteiger partial charge in [-0.25, -0.2) is 0 Å². The predicted molar refractivity (Wildman–Crippen MR) is 46.5 cm³/mol. The molecule has 0 saturated carbocycles. The van der Waals surface area contributed by atoms with E-state index in [1.807, 2.05) is 5.32 Å². The molecule has 0 aliphatic heterocycles. The number of nitrogens with zero attached hydrogens (tertiary/aromatic N) is 3. The molecule has 0 radical (unpaired) electrons. The largest absolute Gasteiger partial charge is 0.389 e. The van der Waals surface area contributed by atoms with E-state index in [9.17, 15) is 0 Å². The van der Waals surface area contributed by atoms with Crippen LogP contribution in [-0.2, 0) is 0 Å². The smallest absolute Gasteiger partial charge is 0.270 e. The van der Waals surface area contributed by atoms with Crippen LogP contribution in [0.4, 0.5) is 17.8 Å². The molecule has 8 N–H and O–H groups in total. The minimum absolute atomic E-state index is 0.172. The molecule has 0 aliphatic carbocycles. The molecule has 1 heterocycles. The number of nitrogen functional groups attached to an aromatic ring is 2. The number of anilines is 3. The molecule has 0 aromatic carbocycles. The van der Waals surface area contributed by atoms with Gasteiger partial charge < -0.3 is 32.1 Å². The maximum Gasteiger partial charge on any atom is 0.270 e. The number of hydrogen-bond acceptors (Lipinski definition) is 9. The molecule has 1 aromatic rings. The molecule has 0 unspecified atom stereocenters. The lowest BCUT2D eigenvalue weighted by atomic mass is 10.5. The van der Waals surface area contributed by atoms with Crippen molar-refractivity contribution in [1.82, 2.24) is 15.0 Å². The zero-order valence-electron chi connectivity index (χ0n) is 7.05. The van der Waals surface area contributed by atoms with E-state index in [1.54, 1.807) is 0 Å². The Morgan fingerprint density at radius 3 is 2.07 bits per heavy atom. The van der Waals surface area contributed by atoms with Gasteiger partial charge in [0.25, 0.3) is 5.91 Å². The van der Waals surface area contributed by atoms with Crippen LogP contribution in [-0.4, -0.2) is 42.8 Å². The van der Waals surface area contributed by atoms with Gasteiger partial charge in [-0.05, 0) is 0 Å². The van der Waals surface area contributed by atoms with Gasteiger partial charge in [0.1, 0.15) is 6.61 Å². The minimum Gasteiger partial charge on any atom is -0.389 e. The van der Waals surface area contributed by atoms with Gasteiger partial charge >= 0.3 is 0 Å². The van der Waals surface area contributed by atoms with E-state index in [0.717, 1.165) is 0 Å². The van der Waals surface area contributed by atoms with Gasteiger partial charge in [0.05, 0.1) is 0 Å². The lowest BCUT2D eigenvalue weighted by molar-refractivity contribution is -0.163. The van der Waals surface area contributed by atoms with Crippen LogP contribution >= 0.6 is 0 Å². The summed E-state index contributed by atoms with van der Waals surface area (Å²) in [5.74, 6) is -3.11. The molecule has 0 saturated heterocycles. The van der Waals surface area contributed by atoms with Crippen molar-refractivity contribution >= 4 is 17.8 Å². The van der Waals surface area contributed by atoms with Gasteiger partial charge in [-0.15, -0.1) is 0 Å². The molecule has 0 bridgehead atoms. The summed E-state index contributed by atoms with van der Waals surface area (Å²) in [7, 11) is 0. The van der Waals surface area contributed by atoms with Crippen molar-refractivity contribution in [1.29, 1.82) is 0 Å². The van der Waals surface area contributed by atoms with Crippen molar-refractivity contribution in [2.45, 2.75) is 5.91 Å². The number of aliphatic hydroxyl groups is 3. The van der Waals surface area contributed by atoms with Crippen molar-refractivity contribution in [3.05, 3.63) is 0 Å². The van der Waals surface area contributed by atoms with Crippen LogP contribution in [0.5, 0.6) is 0 Å². The van der Waals surface area contributed by atoms with Crippen LogP contribution < -0.4 is 16.8 Å². The molecule has 0 spiro atoms. The average Bonchev–Trinajstić information content (AvgIpc) is 2.01. The monoisotopic (exact) mass is 202 g/mol. The summed E-state index contributed by atoms with van der Waals surface area (Å²) < 4.78 is 0. The van der Waals surface area contributed by atoms with Gasteiger partial charge in [0.15, 0.2) is 0 Å². The highest BCUT2D eigenvalue weighted by atomic mass is 16.5. The number of nitrogens with one attached hydrogen (secondary N) is 1. The summed E-state index contributed by atoms with van der Waals surface area (Å²) in [6, 6.07) is 0. The second-order valence-corrected chi connectivity index (χ2v) is 2.48. The summed E-state index contributed by atoms with van der Waals surface area (Å²) in [5, 5.41) is 28.4. The van der Waals surface area contributed by atoms with Gasteiger partial charge in [-0.1, -0.05) is 0 Å². The number of hydrogen-bond donors (Lipinski definition) is 6. The fraction of sp³-hybridized carbons (Fsp3) is 0.400. The third kappa shape index (κ3) is 2.65. The molecule has 0 amide bonds. The Morgan fingerprint density at radius 2 is 1.64 bits per heavy atom. The van der Waals surface area contributed by atoms with Crippen molar-refractivity contribution in [3.63, 3.8) is 0 Å². The molecule has 0 aliphatic rings. The van der Waals surface area contributed by atoms with E-state index in [0.29, 0.717) is 0 Å². The second-order valence-electron chi connectivity index (χ2n) is 2.48. The third-order valence-corrected chi connectivity index (χ3v) is 1.20. The molecule has 1 rings (SSSR count). The molecule has 9 heteroatoms. The van der Waals surface area contributed by atoms with Crippen LogP contribution in [0.25, 0.3) is 0 Å². The van der Waals surface area contributed by atoms with Crippen LogP contribution in [0, 0.1) is 0 Å². The van der Waals surface area contributed by atoms with E-state index in [2.05, 4.69) is 15.0 Å². The Morgan fingerprint density at radius 1 is 1.14 bits per heavy atom. The Bertz CT molecular complexity index is 309. The van der Waals surface area contributed by atoms with E-state index < -0.39 is 12.5 Å². The maximum absolute atomic E-state index is 8.97. The SMILES string of the molecule is Nc1nc(N)nc(NC(O)(O)CO)n1. The van der Waals surface area contributed by atoms with E-state index in [4.69, 9.17) is 26.8 Å². The fourth-order valence-corrected chi connectivity index (χ4v) is 0.684. The zero-order valence-corrected chi connectivity index (χ0v) is 7.05. The number of nitrogens with two attached hydrogens (primary N) is 2. The van der Waals surface area contributed by atoms with E-state index >= 15 is 0 Å². The fourth-order valence-electron chi connectivity index (χ4n) is 0.684. The number of rotatable bonds is 3. The lowest BCUT2D eigenvalue weighted by Crippen LogP contribution is -2.42. The Balaban J connectivity index is 2.87. The average molecular weight is 202 g/mol. The van der Waals surface area contributed by atoms with Crippen LogP contribution in [0.3, 0.4) is 0 Å². The molecule has 9 nitrogen and oxygen atoms in total. The van der Waals surface area contributed by atoms with Crippen molar-refractivity contribution < 1.29 is 15.3 Å². The molecule has 0 atom stereocenters. The van der Waals surface area contributed by atoms with Crippen LogP contribution in [0.15, 0.2) is 0 Å². The Hall–Kier alpha value is -1.71. The minimum atomic E-state index is -2.53. The predicted octanol–water partition coefficient (Wildman–Crippen LogP) is -2.92. The first kappa shape index (κ1) is 10.4. The van der Waals surface area contributed by atoms with Crippen LogP contribution in [0.2, 0.25) is 0 Å². The van der Waals surface area contributed by atoms with Gasteiger partial charge in [-0.2, -0.15) is 15.0 Å².